The Kier molecular flexibility index (Phi) is 4.22. The van der Waals surface area contributed by atoms with Crippen molar-refractivity contribution in [3.63, 3.8) is 0 Å². The number of hydrogen-bond acceptors (Lipinski definition) is 3. The number of hydrogen-bond donors (Lipinski definition) is 2. The molecule has 2 unspecified atom stereocenters. The Labute approximate surface area is 98.6 Å². The fourth-order valence-corrected chi connectivity index (χ4v) is 2.98. The van der Waals surface area contributed by atoms with E-state index in [9.17, 15) is 0 Å². The van der Waals surface area contributed by atoms with Crippen LogP contribution in [0.15, 0.2) is 0 Å². The molecule has 2 atom stereocenters. The summed E-state index contributed by atoms with van der Waals surface area (Å²) in [6.45, 7) is 4.17. The lowest BCUT2D eigenvalue weighted by atomic mass is 9.98. The molecule has 1 aliphatic heterocycles. The van der Waals surface area contributed by atoms with Crippen molar-refractivity contribution in [3.8, 4) is 0 Å². The fraction of sp³-hybridized carbons (Fsp3) is 1.00. The average molecular weight is 227 g/mol. The number of nitrogens with one attached hydrogen (secondary N) is 1. The second-order valence-corrected chi connectivity index (χ2v) is 5.61. The summed E-state index contributed by atoms with van der Waals surface area (Å²) >= 11 is 0. The molecule has 94 valence electrons. The van der Waals surface area contributed by atoms with E-state index in [-0.39, 0.29) is 12.2 Å². The second-order valence-electron chi connectivity index (χ2n) is 5.61. The number of ether oxygens (including phenoxy) is 1. The van der Waals surface area contributed by atoms with Crippen LogP contribution in [-0.2, 0) is 4.74 Å². The first-order chi connectivity index (χ1) is 7.74. The summed E-state index contributed by atoms with van der Waals surface area (Å²) in [5, 5.41) is 12.3. The van der Waals surface area contributed by atoms with E-state index in [1.165, 1.54) is 38.5 Å². The lowest BCUT2D eigenvalue weighted by Gasteiger charge is -2.24. The molecule has 3 heteroatoms. The fourth-order valence-electron chi connectivity index (χ4n) is 2.98. The van der Waals surface area contributed by atoms with Crippen LogP contribution in [0.5, 0.6) is 0 Å². The van der Waals surface area contributed by atoms with Gasteiger partial charge in [0, 0.05) is 13.2 Å². The summed E-state index contributed by atoms with van der Waals surface area (Å²) in [7, 11) is 0. The molecule has 1 heterocycles. The molecule has 0 radical (unpaired) electrons. The summed E-state index contributed by atoms with van der Waals surface area (Å²) in [5.74, 6) is 0.349. The van der Waals surface area contributed by atoms with Gasteiger partial charge < -0.3 is 15.2 Å². The number of aliphatic hydroxyl groups is 1. The van der Waals surface area contributed by atoms with Crippen molar-refractivity contribution in [3.05, 3.63) is 0 Å². The summed E-state index contributed by atoms with van der Waals surface area (Å²) in [5.41, 5.74) is 0.259. The molecule has 2 N–H and O–H groups in total. The summed E-state index contributed by atoms with van der Waals surface area (Å²) in [6, 6.07) is 0. The van der Waals surface area contributed by atoms with Gasteiger partial charge in [0.05, 0.1) is 11.7 Å². The van der Waals surface area contributed by atoms with Crippen LogP contribution in [0.2, 0.25) is 0 Å². The van der Waals surface area contributed by atoms with Gasteiger partial charge in [0.15, 0.2) is 0 Å². The molecule has 0 bridgehead atoms. The first kappa shape index (κ1) is 12.3. The van der Waals surface area contributed by atoms with E-state index in [2.05, 4.69) is 12.2 Å². The molecule has 1 saturated heterocycles. The van der Waals surface area contributed by atoms with Crippen LogP contribution in [0.1, 0.15) is 45.4 Å². The standard InChI is InChI=1S/C13H25NO2/c1-11(10-15)8-14-9-12-4-7-13(16-12)5-2-3-6-13/h11-12,14-15H,2-10H2,1H3. The molecule has 1 spiro atoms. The highest BCUT2D eigenvalue weighted by molar-refractivity contribution is 4.93. The Balaban J connectivity index is 1.65. The topological polar surface area (TPSA) is 41.5 Å². The van der Waals surface area contributed by atoms with Gasteiger partial charge >= 0.3 is 0 Å². The highest BCUT2D eigenvalue weighted by atomic mass is 16.5. The number of rotatable bonds is 5. The van der Waals surface area contributed by atoms with Crippen molar-refractivity contribution in [1.82, 2.24) is 5.32 Å². The molecule has 2 rings (SSSR count). The molecule has 1 aliphatic carbocycles. The maximum Gasteiger partial charge on any atom is 0.0708 e. The second kappa shape index (κ2) is 5.48. The van der Waals surface area contributed by atoms with E-state index in [1.54, 1.807) is 0 Å². The predicted molar refractivity (Wildman–Crippen MR) is 64.4 cm³/mol. The molecule has 0 amide bonds. The average Bonchev–Trinajstić information content (AvgIpc) is 2.90. The van der Waals surface area contributed by atoms with Gasteiger partial charge in [-0.1, -0.05) is 19.8 Å². The van der Waals surface area contributed by atoms with Crippen LogP contribution in [0, 0.1) is 5.92 Å². The lowest BCUT2D eigenvalue weighted by Crippen LogP contribution is -2.33. The SMILES string of the molecule is CC(CO)CNCC1CCC2(CCCC2)O1. The highest BCUT2D eigenvalue weighted by Gasteiger charge is 2.41. The van der Waals surface area contributed by atoms with Crippen molar-refractivity contribution >= 4 is 0 Å². The quantitative estimate of drug-likeness (QED) is 0.751. The molecule has 2 fully saturated rings. The summed E-state index contributed by atoms with van der Waals surface area (Å²) in [4.78, 5) is 0. The van der Waals surface area contributed by atoms with Gasteiger partial charge in [-0.25, -0.2) is 0 Å². The third-order valence-corrected chi connectivity index (χ3v) is 4.03. The van der Waals surface area contributed by atoms with Crippen molar-refractivity contribution in [2.45, 2.75) is 57.2 Å². The van der Waals surface area contributed by atoms with Gasteiger partial charge in [-0.15, -0.1) is 0 Å². The molecular formula is C13H25NO2. The van der Waals surface area contributed by atoms with Crippen LogP contribution < -0.4 is 5.32 Å². The van der Waals surface area contributed by atoms with E-state index >= 15 is 0 Å². The van der Waals surface area contributed by atoms with E-state index in [0.717, 1.165) is 13.1 Å². The molecule has 0 aromatic rings. The Morgan fingerprint density at radius 2 is 2.12 bits per heavy atom. The van der Waals surface area contributed by atoms with Crippen molar-refractivity contribution < 1.29 is 9.84 Å². The zero-order valence-electron chi connectivity index (χ0n) is 10.4. The Bertz CT molecular complexity index is 214. The van der Waals surface area contributed by atoms with Gasteiger partial charge in [-0.3, -0.25) is 0 Å². The molecule has 0 aromatic carbocycles. The normalized spacial score (nSPS) is 30.0. The van der Waals surface area contributed by atoms with Crippen LogP contribution >= 0.6 is 0 Å². The van der Waals surface area contributed by atoms with Gasteiger partial charge in [-0.05, 0) is 38.1 Å². The van der Waals surface area contributed by atoms with E-state index in [4.69, 9.17) is 9.84 Å². The molecule has 0 aromatic heterocycles. The zero-order valence-corrected chi connectivity index (χ0v) is 10.4. The Morgan fingerprint density at radius 3 is 2.81 bits per heavy atom. The summed E-state index contributed by atoms with van der Waals surface area (Å²) < 4.78 is 6.20. The van der Waals surface area contributed by atoms with E-state index in [1.807, 2.05) is 0 Å². The van der Waals surface area contributed by atoms with E-state index < -0.39 is 0 Å². The van der Waals surface area contributed by atoms with Gasteiger partial charge in [0.2, 0.25) is 0 Å². The molecule has 2 aliphatic rings. The van der Waals surface area contributed by atoms with Crippen molar-refractivity contribution in [1.29, 1.82) is 0 Å². The smallest absolute Gasteiger partial charge is 0.0708 e. The largest absolute Gasteiger partial charge is 0.396 e. The molecule has 16 heavy (non-hydrogen) atoms. The molecular weight excluding hydrogens is 202 g/mol. The maximum absolute atomic E-state index is 8.92. The third kappa shape index (κ3) is 2.96. The minimum absolute atomic E-state index is 0.259. The minimum Gasteiger partial charge on any atom is -0.396 e. The summed E-state index contributed by atoms with van der Waals surface area (Å²) in [6.07, 6.45) is 8.12. The number of aliphatic hydroxyl groups excluding tert-OH is 1. The Hall–Kier alpha value is -0.120. The Morgan fingerprint density at radius 1 is 1.38 bits per heavy atom. The first-order valence-corrected chi connectivity index (χ1v) is 6.73. The van der Waals surface area contributed by atoms with Gasteiger partial charge in [0.25, 0.3) is 0 Å². The minimum atomic E-state index is 0.259. The van der Waals surface area contributed by atoms with Crippen LogP contribution in [0.25, 0.3) is 0 Å². The van der Waals surface area contributed by atoms with Crippen LogP contribution in [0.3, 0.4) is 0 Å². The van der Waals surface area contributed by atoms with Crippen LogP contribution in [-0.4, -0.2) is 36.5 Å². The maximum atomic E-state index is 8.92. The lowest BCUT2D eigenvalue weighted by molar-refractivity contribution is -0.0353. The monoisotopic (exact) mass is 227 g/mol. The van der Waals surface area contributed by atoms with E-state index in [0.29, 0.717) is 12.0 Å². The molecule has 1 saturated carbocycles. The highest BCUT2D eigenvalue weighted by Crippen LogP contribution is 2.43. The van der Waals surface area contributed by atoms with Crippen molar-refractivity contribution in [2.75, 3.05) is 19.7 Å². The third-order valence-electron chi connectivity index (χ3n) is 4.03. The zero-order chi connectivity index (χ0) is 11.4. The van der Waals surface area contributed by atoms with Gasteiger partial charge in [0.1, 0.15) is 0 Å². The van der Waals surface area contributed by atoms with Gasteiger partial charge in [-0.2, -0.15) is 0 Å². The van der Waals surface area contributed by atoms with Crippen molar-refractivity contribution in [2.24, 2.45) is 5.92 Å². The van der Waals surface area contributed by atoms with Crippen LogP contribution in [0.4, 0.5) is 0 Å². The molecule has 3 nitrogen and oxygen atoms in total. The first-order valence-electron chi connectivity index (χ1n) is 6.73. The predicted octanol–water partition coefficient (Wildman–Crippen LogP) is 1.70.